The van der Waals surface area contributed by atoms with Crippen molar-refractivity contribution in [2.45, 2.75) is 64.1 Å². The molecule has 0 unspecified atom stereocenters. The minimum atomic E-state index is -0.501. The first-order chi connectivity index (χ1) is 16.5. The highest BCUT2D eigenvalue weighted by Gasteiger charge is 2.21. The molecule has 1 amide bonds. The smallest absolute Gasteiger partial charge is 0.252 e. The predicted octanol–water partition coefficient (Wildman–Crippen LogP) is 3.90. The highest BCUT2D eigenvalue weighted by Crippen LogP contribution is 2.29. The third-order valence-electron chi connectivity index (χ3n) is 6.16. The zero-order valence-corrected chi connectivity index (χ0v) is 19.4. The van der Waals surface area contributed by atoms with Gasteiger partial charge in [0.2, 0.25) is 5.95 Å². The molecular weight excluding hydrogens is 430 g/mol. The van der Waals surface area contributed by atoms with E-state index in [1.54, 1.807) is 24.5 Å². The Hall–Kier alpha value is -3.77. The van der Waals surface area contributed by atoms with E-state index in [9.17, 15) is 9.90 Å². The van der Waals surface area contributed by atoms with Gasteiger partial charge in [0.05, 0.1) is 35.8 Å². The number of nitrogens with zero attached hydrogens (tertiary/aromatic N) is 5. The number of nitrogens with one attached hydrogen (secondary N) is 2. The summed E-state index contributed by atoms with van der Waals surface area (Å²) >= 11 is 0. The van der Waals surface area contributed by atoms with Gasteiger partial charge in [-0.05, 0) is 56.7 Å². The monoisotopic (exact) mass is 459 g/mol. The summed E-state index contributed by atoms with van der Waals surface area (Å²) in [4.78, 5) is 21.4. The van der Waals surface area contributed by atoms with E-state index < -0.39 is 6.04 Å². The normalized spacial score (nSPS) is 18.6. The van der Waals surface area contributed by atoms with Crippen LogP contribution in [0.25, 0.3) is 11.3 Å². The number of anilines is 2. The van der Waals surface area contributed by atoms with Gasteiger partial charge in [-0.15, -0.1) is 0 Å². The van der Waals surface area contributed by atoms with E-state index in [1.165, 1.54) is 0 Å². The summed E-state index contributed by atoms with van der Waals surface area (Å²) in [5, 5.41) is 29.2. The summed E-state index contributed by atoms with van der Waals surface area (Å²) in [5.41, 5.74) is 3.83. The SMILES string of the molecule is CC[C@@H](C#N)NC(=O)c1ccc(-c2nc(Nc3cnn(C4CCC(O)CC4)c3)ncc2C)cc1. The first-order valence-corrected chi connectivity index (χ1v) is 11.6. The van der Waals surface area contributed by atoms with Gasteiger partial charge in [0.25, 0.3) is 5.91 Å². The maximum atomic E-state index is 12.4. The third kappa shape index (κ3) is 5.41. The van der Waals surface area contributed by atoms with Crippen molar-refractivity contribution in [2.75, 3.05) is 5.32 Å². The number of carbonyl (C=O) groups is 1. The summed E-state index contributed by atoms with van der Waals surface area (Å²) in [6.07, 6.45) is 9.25. The molecule has 0 aliphatic heterocycles. The topological polar surface area (TPSA) is 129 Å². The van der Waals surface area contributed by atoms with Crippen LogP contribution in [0.4, 0.5) is 11.6 Å². The Morgan fingerprint density at radius 1 is 1.24 bits per heavy atom. The molecule has 1 fully saturated rings. The minimum Gasteiger partial charge on any atom is -0.393 e. The van der Waals surface area contributed by atoms with E-state index in [1.807, 2.05) is 36.9 Å². The molecule has 1 aliphatic rings. The number of aryl methyl sites for hydroxylation is 1. The van der Waals surface area contributed by atoms with Gasteiger partial charge in [0, 0.05) is 23.5 Å². The largest absolute Gasteiger partial charge is 0.393 e. The molecule has 9 nitrogen and oxygen atoms in total. The Morgan fingerprint density at radius 3 is 2.65 bits per heavy atom. The summed E-state index contributed by atoms with van der Waals surface area (Å²) in [7, 11) is 0. The van der Waals surface area contributed by atoms with Crippen LogP contribution in [0.3, 0.4) is 0 Å². The van der Waals surface area contributed by atoms with E-state index in [2.05, 4.69) is 31.8 Å². The summed E-state index contributed by atoms with van der Waals surface area (Å²) in [6, 6.07) is 9.02. The van der Waals surface area contributed by atoms with E-state index >= 15 is 0 Å². The maximum absolute atomic E-state index is 12.4. The van der Waals surface area contributed by atoms with Crippen molar-refractivity contribution >= 4 is 17.5 Å². The molecule has 0 saturated heterocycles. The Morgan fingerprint density at radius 2 is 1.97 bits per heavy atom. The van der Waals surface area contributed by atoms with Gasteiger partial charge >= 0.3 is 0 Å². The molecule has 1 aromatic carbocycles. The van der Waals surface area contributed by atoms with Crippen molar-refractivity contribution in [3.63, 3.8) is 0 Å². The minimum absolute atomic E-state index is 0.196. The van der Waals surface area contributed by atoms with Crippen molar-refractivity contribution in [2.24, 2.45) is 0 Å². The number of hydrogen-bond donors (Lipinski definition) is 3. The van der Waals surface area contributed by atoms with E-state index in [-0.39, 0.29) is 12.0 Å². The van der Waals surface area contributed by atoms with Crippen molar-refractivity contribution in [3.8, 4) is 17.3 Å². The Labute approximate surface area is 198 Å². The number of aliphatic hydroxyl groups excluding tert-OH is 1. The van der Waals surface area contributed by atoms with Crippen LogP contribution in [0, 0.1) is 18.3 Å². The molecule has 4 rings (SSSR count). The number of aromatic nitrogens is 4. The molecule has 0 radical (unpaired) electrons. The van der Waals surface area contributed by atoms with Crippen LogP contribution in [-0.4, -0.2) is 42.9 Å². The number of hydrogen-bond acceptors (Lipinski definition) is 7. The third-order valence-corrected chi connectivity index (χ3v) is 6.16. The van der Waals surface area contributed by atoms with Crippen LogP contribution >= 0.6 is 0 Å². The molecule has 1 saturated carbocycles. The fourth-order valence-corrected chi connectivity index (χ4v) is 4.10. The zero-order chi connectivity index (χ0) is 24.1. The van der Waals surface area contributed by atoms with Gasteiger partial charge in [-0.25, -0.2) is 9.97 Å². The van der Waals surface area contributed by atoms with Crippen LogP contribution < -0.4 is 10.6 Å². The first-order valence-electron chi connectivity index (χ1n) is 11.6. The molecule has 0 bridgehead atoms. The fraction of sp³-hybridized carbons (Fsp3) is 0.400. The Kier molecular flexibility index (Phi) is 7.18. The standard InChI is InChI=1S/C25H29N7O2/c1-3-19(12-26)29-24(34)18-6-4-17(5-7-18)23-16(2)13-27-25(31-23)30-20-14-28-32(15-20)21-8-10-22(33)11-9-21/h4-7,13-15,19,21-22,33H,3,8-11H2,1-2H3,(H,29,34)(H,27,30,31)/t19-,21?,22?/m0/s1. The van der Waals surface area contributed by atoms with Crippen molar-refractivity contribution in [3.05, 3.63) is 54.0 Å². The lowest BCUT2D eigenvalue weighted by Crippen LogP contribution is -2.33. The number of nitriles is 1. The van der Waals surface area contributed by atoms with Gasteiger partial charge in [-0.3, -0.25) is 9.48 Å². The average molecular weight is 460 g/mol. The van der Waals surface area contributed by atoms with Gasteiger partial charge in [0.15, 0.2) is 0 Å². The average Bonchev–Trinajstić information content (AvgIpc) is 3.32. The zero-order valence-electron chi connectivity index (χ0n) is 19.4. The number of amides is 1. The van der Waals surface area contributed by atoms with Crippen molar-refractivity contribution in [1.82, 2.24) is 25.1 Å². The van der Waals surface area contributed by atoms with Crippen LogP contribution in [0.5, 0.6) is 0 Å². The molecule has 1 aliphatic carbocycles. The molecule has 3 aromatic rings. The summed E-state index contributed by atoms with van der Waals surface area (Å²) < 4.78 is 1.95. The van der Waals surface area contributed by atoms with Gasteiger partial charge < -0.3 is 15.7 Å². The first kappa shape index (κ1) is 23.4. The Balaban J connectivity index is 1.46. The molecule has 1 atom stereocenters. The number of rotatable bonds is 7. The lowest BCUT2D eigenvalue weighted by Gasteiger charge is -2.25. The fourth-order valence-electron chi connectivity index (χ4n) is 4.10. The maximum Gasteiger partial charge on any atom is 0.252 e. The summed E-state index contributed by atoms with van der Waals surface area (Å²) in [6.45, 7) is 3.79. The van der Waals surface area contributed by atoms with E-state index in [0.717, 1.165) is 48.2 Å². The molecule has 9 heteroatoms. The van der Waals surface area contributed by atoms with E-state index in [0.29, 0.717) is 24.0 Å². The van der Waals surface area contributed by atoms with Gasteiger partial charge in [0.1, 0.15) is 6.04 Å². The molecule has 2 heterocycles. The molecular formula is C25H29N7O2. The van der Waals surface area contributed by atoms with Gasteiger partial charge in [-0.1, -0.05) is 19.1 Å². The van der Waals surface area contributed by atoms with Crippen LogP contribution in [0.15, 0.2) is 42.9 Å². The predicted molar refractivity (Wildman–Crippen MR) is 128 cm³/mol. The van der Waals surface area contributed by atoms with Crippen molar-refractivity contribution in [1.29, 1.82) is 5.26 Å². The molecule has 3 N–H and O–H groups in total. The lowest BCUT2D eigenvalue weighted by molar-refractivity contribution is 0.0944. The molecule has 2 aromatic heterocycles. The second-order valence-corrected chi connectivity index (χ2v) is 8.66. The second kappa shape index (κ2) is 10.4. The molecule has 176 valence electrons. The Bertz CT molecular complexity index is 1170. The number of benzene rings is 1. The molecule has 0 spiro atoms. The highest BCUT2D eigenvalue weighted by molar-refractivity contribution is 5.95. The number of carbonyl (C=O) groups excluding carboxylic acids is 1. The highest BCUT2D eigenvalue weighted by atomic mass is 16.3. The van der Waals surface area contributed by atoms with Gasteiger partial charge in [-0.2, -0.15) is 10.4 Å². The second-order valence-electron chi connectivity index (χ2n) is 8.66. The van der Waals surface area contributed by atoms with Crippen LogP contribution in [0.2, 0.25) is 0 Å². The van der Waals surface area contributed by atoms with Crippen molar-refractivity contribution < 1.29 is 9.90 Å². The number of aliphatic hydroxyl groups is 1. The summed E-state index contributed by atoms with van der Waals surface area (Å²) in [5.74, 6) is 0.187. The molecule has 34 heavy (non-hydrogen) atoms. The van der Waals surface area contributed by atoms with Crippen LogP contribution in [0.1, 0.15) is 61.0 Å². The van der Waals surface area contributed by atoms with E-state index in [4.69, 9.17) is 5.26 Å². The quantitative estimate of drug-likeness (QED) is 0.489. The van der Waals surface area contributed by atoms with Crippen LogP contribution in [-0.2, 0) is 0 Å². The lowest BCUT2D eigenvalue weighted by atomic mass is 9.93.